The number of ether oxygens (including phenoxy) is 1. The van der Waals surface area contributed by atoms with Crippen molar-refractivity contribution in [1.82, 2.24) is 10.3 Å². The lowest BCUT2D eigenvalue weighted by molar-refractivity contribution is 0.311. The highest BCUT2D eigenvalue weighted by Crippen LogP contribution is 2.31. The molecule has 0 saturated carbocycles. The van der Waals surface area contributed by atoms with Crippen molar-refractivity contribution in [1.29, 1.82) is 0 Å². The molecule has 0 spiro atoms. The van der Waals surface area contributed by atoms with Crippen molar-refractivity contribution in [3.05, 3.63) is 57.6 Å². The number of pyridine rings is 1. The van der Waals surface area contributed by atoms with Crippen LogP contribution in [0.5, 0.6) is 5.75 Å². The summed E-state index contributed by atoms with van der Waals surface area (Å²) in [6.07, 6.45) is 0.961. The summed E-state index contributed by atoms with van der Waals surface area (Å²) in [4.78, 5) is 15.2. The molecule has 1 aromatic carbocycles. The monoisotopic (exact) mass is 341 g/mol. The van der Waals surface area contributed by atoms with Crippen LogP contribution in [-0.2, 0) is 0 Å². The molecule has 1 aliphatic rings. The standard InChI is InChI=1S/C18H19N3O2S/c22-15-10-17(21-13-6-9-24-18(13)15)20-8-3-7-19-14-11-23-16-5-2-1-4-12(14)16/h1-2,4-6,9-10,14,19H,3,7-8,11H2,(H2,20,21,22)/t14-/m1/s1. The Labute approximate surface area is 143 Å². The van der Waals surface area contributed by atoms with Gasteiger partial charge in [0.25, 0.3) is 0 Å². The Morgan fingerprint density at radius 2 is 2.17 bits per heavy atom. The molecule has 124 valence electrons. The van der Waals surface area contributed by atoms with E-state index in [0.717, 1.165) is 41.3 Å². The van der Waals surface area contributed by atoms with Crippen LogP contribution in [0.2, 0.25) is 0 Å². The van der Waals surface area contributed by atoms with E-state index >= 15 is 0 Å². The van der Waals surface area contributed by atoms with Crippen LogP contribution in [0.3, 0.4) is 0 Å². The maximum atomic E-state index is 12.0. The van der Waals surface area contributed by atoms with Crippen LogP contribution in [0.15, 0.2) is 46.6 Å². The number of hydrogen-bond acceptors (Lipinski definition) is 5. The Balaban J connectivity index is 1.27. The van der Waals surface area contributed by atoms with Gasteiger partial charge in [0, 0.05) is 18.2 Å². The van der Waals surface area contributed by atoms with Crippen LogP contribution in [0.1, 0.15) is 18.0 Å². The normalized spacial score (nSPS) is 16.1. The number of nitrogens with one attached hydrogen (secondary N) is 3. The summed E-state index contributed by atoms with van der Waals surface area (Å²) in [5.74, 6) is 1.76. The molecule has 0 bridgehead atoms. The van der Waals surface area contributed by atoms with E-state index in [1.54, 1.807) is 6.07 Å². The van der Waals surface area contributed by atoms with E-state index in [0.29, 0.717) is 6.61 Å². The summed E-state index contributed by atoms with van der Waals surface area (Å²) >= 11 is 1.47. The van der Waals surface area contributed by atoms with Gasteiger partial charge >= 0.3 is 0 Å². The average molecular weight is 341 g/mol. The van der Waals surface area contributed by atoms with Crippen molar-refractivity contribution in [3.63, 3.8) is 0 Å². The molecule has 0 fully saturated rings. The summed E-state index contributed by atoms with van der Waals surface area (Å²) in [7, 11) is 0. The van der Waals surface area contributed by atoms with E-state index < -0.39 is 0 Å². The van der Waals surface area contributed by atoms with Crippen LogP contribution >= 0.6 is 11.3 Å². The highest BCUT2D eigenvalue weighted by atomic mass is 32.1. The SMILES string of the molecule is O=c1cc(NCCCN[C@@H]2COc3ccccc32)[nH]c2ccsc12. The van der Waals surface area contributed by atoms with E-state index in [9.17, 15) is 4.79 Å². The number of benzene rings is 1. The first-order valence-corrected chi connectivity index (χ1v) is 8.99. The lowest BCUT2D eigenvalue weighted by Crippen LogP contribution is -2.25. The van der Waals surface area contributed by atoms with Crippen molar-refractivity contribution in [3.8, 4) is 5.75 Å². The van der Waals surface area contributed by atoms with Crippen molar-refractivity contribution >= 4 is 27.4 Å². The first-order chi connectivity index (χ1) is 11.8. The Kier molecular flexibility index (Phi) is 4.23. The number of aromatic nitrogens is 1. The van der Waals surface area contributed by atoms with Gasteiger partial charge in [-0.2, -0.15) is 0 Å². The summed E-state index contributed by atoms with van der Waals surface area (Å²) in [6.45, 7) is 2.38. The minimum Gasteiger partial charge on any atom is -0.491 e. The summed E-state index contributed by atoms with van der Waals surface area (Å²) in [5.41, 5.74) is 2.20. The van der Waals surface area contributed by atoms with Gasteiger partial charge in [-0.25, -0.2) is 0 Å². The minimum atomic E-state index is 0.0686. The molecular formula is C18H19N3O2S. The zero-order valence-corrected chi connectivity index (χ0v) is 14.0. The van der Waals surface area contributed by atoms with Crippen LogP contribution in [0.25, 0.3) is 10.2 Å². The van der Waals surface area contributed by atoms with E-state index in [4.69, 9.17) is 4.74 Å². The van der Waals surface area contributed by atoms with Gasteiger partial charge in [-0.15, -0.1) is 11.3 Å². The Bertz CT molecular complexity index is 902. The van der Waals surface area contributed by atoms with Gasteiger partial charge in [-0.05, 0) is 30.5 Å². The maximum absolute atomic E-state index is 12.0. The van der Waals surface area contributed by atoms with E-state index in [2.05, 4.69) is 21.7 Å². The fourth-order valence-electron chi connectivity index (χ4n) is 2.99. The zero-order valence-electron chi connectivity index (χ0n) is 13.2. The molecule has 1 atom stereocenters. The summed E-state index contributed by atoms with van der Waals surface area (Å²) in [6, 6.07) is 12.0. The lowest BCUT2D eigenvalue weighted by Gasteiger charge is -2.12. The second kappa shape index (κ2) is 6.67. The van der Waals surface area contributed by atoms with Gasteiger partial charge in [0.15, 0.2) is 0 Å². The van der Waals surface area contributed by atoms with Gasteiger partial charge in [-0.3, -0.25) is 4.79 Å². The fourth-order valence-corrected chi connectivity index (χ4v) is 3.75. The molecule has 24 heavy (non-hydrogen) atoms. The van der Waals surface area contributed by atoms with E-state index in [1.807, 2.05) is 29.6 Å². The molecule has 6 heteroatoms. The highest BCUT2D eigenvalue weighted by molar-refractivity contribution is 7.17. The molecule has 0 amide bonds. The number of aromatic amines is 1. The number of fused-ring (bicyclic) bond motifs is 2. The molecule has 0 unspecified atom stereocenters. The molecule has 3 aromatic rings. The van der Waals surface area contributed by atoms with Crippen molar-refractivity contribution < 1.29 is 4.74 Å². The quantitative estimate of drug-likeness (QED) is 0.603. The smallest absolute Gasteiger partial charge is 0.201 e. The maximum Gasteiger partial charge on any atom is 0.201 e. The van der Waals surface area contributed by atoms with Crippen molar-refractivity contribution in [2.24, 2.45) is 0 Å². The molecule has 0 radical (unpaired) electrons. The van der Waals surface area contributed by atoms with Gasteiger partial charge < -0.3 is 20.4 Å². The number of thiophene rings is 1. The Morgan fingerprint density at radius 1 is 1.25 bits per heavy atom. The number of para-hydroxylation sites is 1. The molecule has 4 rings (SSSR count). The van der Waals surface area contributed by atoms with Gasteiger partial charge in [0.05, 0.1) is 16.3 Å². The fraction of sp³-hybridized carbons (Fsp3) is 0.278. The molecule has 3 N–H and O–H groups in total. The van der Waals surface area contributed by atoms with Crippen LogP contribution < -0.4 is 20.8 Å². The molecule has 5 nitrogen and oxygen atoms in total. The topological polar surface area (TPSA) is 66.2 Å². The molecular weight excluding hydrogens is 322 g/mol. The third-order valence-corrected chi connectivity index (χ3v) is 5.12. The van der Waals surface area contributed by atoms with Crippen LogP contribution in [-0.4, -0.2) is 24.7 Å². The second-order valence-corrected chi connectivity index (χ2v) is 6.76. The highest BCUT2D eigenvalue weighted by Gasteiger charge is 2.22. The van der Waals surface area contributed by atoms with Gasteiger partial charge in [0.1, 0.15) is 18.2 Å². The summed E-state index contributed by atoms with van der Waals surface area (Å²) < 4.78 is 6.45. The first-order valence-electron chi connectivity index (χ1n) is 8.11. The van der Waals surface area contributed by atoms with Crippen LogP contribution in [0.4, 0.5) is 5.82 Å². The van der Waals surface area contributed by atoms with Crippen molar-refractivity contribution in [2.45, 2.75) is 12.5 Å². The molecule has 3 heterocycles. The first kappa shape index (κ1) is 15.2. The van der Waals surface area contributed by atoms with Gasteiger partial charge in [0.2, 0.25) is 5.43 Å². The third kappa shape index (κ3) is 3.02. The van der Waals surface area contributed by atoms with Crippen molar-refractivity contribution in [2.75, 3.05) is 25.0 Å². The number of rotatable bonds is 6. The van der Waals surface area contributed by atoms with Gasteiger partial charge in [-0.1, -0.05) is 18.2 Å². The van der Waals surface area contributed by atoms with E-state index in [1.165, 1.54) is 16.9 Å². The number of hydrogen-bond donors (Lipinski definition) is 3. The summed E-state index contributed by atoms with van der Waals surface area (Å²) in [5, 5.41) is 8.74. The minimum absolute atomic E-state index is 0.0686. The predicted octanol–water partition coefficient (Wildman–Crippen LogP) is 3.11. The molecule has 0 saturated heterocycles. The Hall–Kier alpha value is -2.31. The molecule has 2 aromatic heterocycles. The van der Waals surface area contributed by atoms with Crippen LogP contribution in [0, 0.1) is 0 Å². The zero-order chi connectivity index (χ0) is 16.4. The molecule has 1 aliphatic heterocycles. The average Bonchev–Trinajstić information content (AvgIpc) is 3.22. The number of H-pyrrole nitrogens is 1. The Morgan fingerprint density at radius 3 is 3.12 bits per heavy atom. The second-order valence-electron chi connectivity index (χ2n) is 5.85. The lowest BCUT2D eigenvalue weighted by atomic mass is 10.1. The molecule has 0 aliphatic carbocycles. The predicted molar refractivity (Wildman–Crippen MR) is 98.2 cm³/mol. The van der Waals surface area contributed by atoms with E-state index in [-0.39, 0.29) is 11.5 Å². The third-order valence-electron chi connectivity index (χ3n) is 4.19. The number of anilines is 1. The largest absolute Gasteiger partial charge is 0.491 e.